The molecule has 0 fully saturated rings. The van der Waals surface area contributed by atoms with E-state index in [0.29, 0.717) is 11.6 Å². The Morgan fingerprint density at radius 3 is 2.74 bits per heavy atom. The summed E-state index contributed by atoms with van der Waals surface area (Å²) in [6.45, 7) is 0.619. The van der Waals surface area contributed by atoms with Gasteiger partial charge in [0.2, 0.25) is 0 Å². The zero-order chi connectivity index (χ0) is 13.2. The van der Waals surface area contributed by atoms with E-state index in [4.69, 9.17) is 11.6 Å². The number of aromatic nitrogens is 1. The van der Waals surface area contributed by atoms with E-state index in [9.17, 15) is 4.39 Å². The second-order valence-electron chi connectivity index (χ2n) is 4.11. The second kappa shape index (κ2) is 5.15. The molecular formula is C14H10ClFN2S. The first-order valence-corrected chi connectivity index (χ1v) is 6.94. The fourth-order valence-electron chi connectivity index (χ4n) is 1.75. The van der Waals surface area contributed by atoms with E-state index in [1.54, 1.807) is 23.5 Å². The lowest BCUT2D eigenvalue weighted by Crippen LogP contribution is -1.98. The van der Waals surface area contributed by atoms with Gasteiger partial charge in [0.25, 0.3) is 0 Å². The average Bonchev–Trinajstić information content (AvgIpc) is 2.80. The van der Waals surface area contributed by atoms with Gasteiger partial charge in [-0.3, -0.25) is 0 Å². The number of benzene rings is 2. The number of fused-ring (bicyclic) bond motifs is 1. The lowest BCUT2D eigenvalue weighted by Gasteiger charge is -2.02. The van der Waals surface area contributed by atoms with Crippen LogP contribution in [0.3, 0.4) is 0 Å². The predicted molar refractivity (Wildman–Crippen MR) is 78.4 cm³/mol. The van der Waals surface area contributed by atoms with E-state index >= 15 is 0 Å². The van der Waals surface area contributed by atoms with Crippen LogP contribution in [0.1, 0.15) is 5.56 Å². The Morgan fingerprint density at radius 2 is 1.95 bits per heavy atom. The summed E-state index contributed by atoms with van der Waals surface area (Å²) >= 11 is 7.49. The minimum Gasteiger partial charge on any atom is -0.357 e. The molecule has 3 rings (SSSR count). The number of hydrogen-bond donors (Lipinski definition) is 1. The molecule has 0 spiro atoms. The van der Waals surface area contributed by atoms with Gasteiger partial charge in [-0.15, -0.1) is 0 Å². The van der Waals surface area contributed by atoms with Gasteiger partial charge in [0.15, 0.2) is 5.13 Å². The van der Waals surface area contributed by atoms with Crippen molar-refractivity contribution in [3.8, 4) is 0 Å². The van der Waals surface area contributed by atoms with Gasteiger partial charge in [-0.2, -0.15) is 0 Å². The molecule has 0 saturated heterocycles. The van der Waals surface area contributed by atoms with E-state index in [-0.39, 0.29) is 5.82 Å². The first-order valence-electron chi connectivity index (χ1n) is 5.75. The Bertz CT molecular complexity index is 709. The van der Waals surface area contributed by atoms with Crippen molar-refractivity contribution >= 4 is 38.3 Å². The van der Waals surface area contributed by atoms with Gasteiger partial charge in [-0.1, -0.05) is 35.1 Å². The normalized spacial score (nSPS) is 10.8. The number of nitrogens with zero attached hydrogens (tertiary/aromatic N) is 1. The molecule has 0 aliphatic heterocycles. The van der Waals surface area contributed by atoms with Crippen LogP contribution in [-0.4, -0.2) is 4.98 Å². The molecular weight excluding hydrogens is 283 g/mol. The first-order chi connectivity index (χ1) is 9.20. The topological polar surface area (TPSA) is 24.9 Å². The van der Waals surface area contributed by atoms with Crippen molar-refractivity contribution in [1.82, 2.24) is 4.98 Å². The lowest BCUT2D eigenvalue weighted by molar-refractivity contribution is 0.627. The van der Waals surface area contributed by atoms with Gasteiger partial charge in [-0.05, 0) is 35.9 Å². The maximum Gasteiger partial charge on any atom is 0.184 e. The second-order valence-corrected chi connectivity index (χ2v) is 5.58. The molecule has 3 aromatic rings. The molecule has 1 N–H and O–H groups in total. The van der Waals surface area contributed by atoms with Crippen LogP contribution in [0.15, 0.2) is 42.5 Å². The highest BCUT2D eigenvalue weighted by Crippen LogP contribution is 2.28. The van der Waals surface area contributed by atoms with Crippen LogP contribution < -0.4 is 5.32 Å². The first kappa shape index (κ1) is 12.4. The van der Waals surface area contributed by atoms with Crippen LogP contribution >= 0.6 is 22.9 Å². The van der Waals surface area contributed by atoms with Crippen molar-refractivity contribution in [3.05, 3.63) is 58.9 Å². The van der Waals surface area contributed by atoms with Crippen LogP contribution in [0.5, 0.6) is 0 Å². The summed E-state index contributed by atoms with van der Waals surface area (Å²) in [6.07, 6.45) is 0. The molecule has 0 aliphatic rings. The lowest BCUT2D eigenvalue weighted by atomic mass is 10.2. The molecule has 2 aromatic carbocycles. The smallest absolute Gasteiger partial charge is 0.184 e. The molecule has 5 heteroatoms. The number of nitrogens with one attached hydrogen (secondary N) is 1. The van der Waals surface area contributed by atoms with Crippen molar-refractivity contribution in [2.75, 3.05) is 5.32 Å². The number of anilines is 1. The number of halogens is 2. The molecule has 96 valence electrons. The van der Waals surface area contributed by atoms with E-state index < -0.39 is 0 Å². The number of hydrogen-bond acceptors (Lipinski definition) is 3. The Morgan fingerprint density at radius 1 is 1.16 bits per heavy atom. The monoisotopic (exact) mass is 292 g/mol. The average molecular weight is 293 g/mol. The van der Waals surface area contributed by atoms with Gasteiger partial charge in [0.1, 0.15) is 5.82 Å². The Labute approximate surface area is 118 Å². The highest BCUT2D eigenvalue weighted by atomic mass is 35.5. The van der Waals surface area contributed by atoms with Crippen LogP contribution in [0.25, 0.3) is 10.2 Å². The van der Waals surface area contributed by atoms with Crippen LogP contribution in [0, 0.1) is 5.82 Å². The molecule has 0 unspecified atom stereocenters. The third-order valence-electron chi connectivity index (χ3n) is 2.71. The largest absolute Gasteiger partial charge is 0.357 e. The van der Waals surface area contributed by atoms with Crippen molar-refractivity contribution < 1.29 is 4.39 Å². The van der Waals surface area contributed by atoms with E-state index in [2.05, 4.69) is 10.3 Å². The van der Waals surface area contributed by atoms with Crippen LogP contribution in [-0.2, 0) is 6.54 Å². The molecule has 2 nitrogen and oxygen atoms in total. The number of thiazole rings is 1. The third-order valence-corrected chi connectivity index (χ3v) is 3.92. The van der Waals surface area contributed by atoms with Gasteiger partial charge < -0.3 is 5.32 Å². The fourth-order valence-corrected chi connectivity index (χ4v) is 2.89. The highest BCUT2D eigenvalue weighted by molar-refractivity contribution is 7.22. The van der Waals surface area contributed by atoms with Crippen LogP contribution in [0.2, 0.25) is 5.02 Å². The van der Waals surface area contributed by atoms with Crippen LogP contribution in [0.4, 0.5) is 9.52 Å². The Kier molecular flexibility index (Phi) is 3.36. The third kappa shape index (κ3) is 2.85. The van der Waals surface area contributed by atoms with E-state index in [0.717, 1.165) is 20.9 Å². The Balaban J connectivity index is 1.76. The molecule has 0 atom stereocenters. The molecule has 0 bridgehead atoms. The van der Waals surface area contributed by atoms with Gasteiger partial charge in [-0.25, -0.2) is 9.37 Å². The predicted octanol–water partition coefficient (Wildman–Crippen LogP) is 4.70. The summed E-state index contributed by atoms with van der Waals surface area (Å²) in [5.74, 6) is -0.224. The number of rotatable bonds is 3. The maximum atomic E-state index is 12.8. The Hall–Kier alpha value is -1.65. The van der Waals surface area contributed by atoms with E-state index in [1.165, 1.54) is 12.1 Å². The maximum absolute atomic E-state index is 12.8. The zero-order valence-corrected chi connectivity index (χ0v) is 11.4. The van der Waals surface area contributed by atoms with E-state index in [1.807, 2.05) is 18.2 Å². The minimum atomic E-state index is -0.224. The minimum absolute atomic E-state index is 0.224. The highest BCUT2D eigenvalue weighted by Gasteiger charge is 2.04. The van der Waals surface area contributed by atoms with Crippen molar-refractivity contribution in [2.24, 2.45) is 0 Å². The molecule has 0 aliphatic carbocycles. The molecule has 1 aromatic heterocycles. The fraction of sp³-hybridized carbons (Fsp3) is 0.0714. The summed E-state index contributed by atoms with van der Waals surface area (Å²) < 4.78 is 13.8. The standard InChI is InChI=1S/C14H10ClFN2S/c15-10-3-6-12-13(7-10)19-14(18-12)17-8-9-1-4-11(16)5-2-9/h1-7H,8H2,(H,17,18). The summed E-state index contributed by atoms with van der Waals surface area (Å²) in [6, 6.07) is 12.0. The summed E-state index contributed by atoms with van der Waals surface area (Å²) in [5, 5.41) is 4.78. The summed E-state index contributed by atoms with van der Waals surface area (Å²) in [7, 11) is 0. The van der Waals surface area contributed by atoms with Crippen molar-refractivity contribution in [3.63, 3.8) is 0 Å². The molecule has 19 heavy (non-hydrogen) atoms. The summed E-state index contributed by atoms with van der Waals surface area (Å²) in [5.41, 5.74) is 1.94. The summed E-state index contributed by atoms with van der Waals surface area (Å²) in [4.78, 5) is 4.46. The van der Waals surface area contributed by atoms with Crippen molar-refractivity contribution in [2.45, 2.75) is 6.54 Å². The molecule has 0 saturated carbocycles. The molecule has 0 amide bonds. The zero-order valence-electron chi connectivity index (χ0n) is 9.86. The molecule has 0 radical (unpaired) electrons. The van der Waals surface area contributed by atoms with Gasteiger partial charge in [0.05, 0.1) is 10.2 Å². The van der Waals surface area contributed by atoms with Crippen molar-refractivity contribution in [1.29, 1.82) is 0 Å². The quantitative estimate of drug-likeness (QED) is 0.757. The molecule has 1 heterocycles. The van der Waals surface area contributed by atoms with Gasteiger partial charge >= 0.3 is 0 Å². The van der Waals surface area contributed by atoms with Gasteiger partial charge in [0, 0.05) is 11.6 Å². The SMILES string of the molecule is Fc1ccc(CNc2nc3ccc(Cl)cc3s2)cc1.